The van der Waals surface area contributed by atoms with Gasteiger partial charge in [-0.15, -0.1) is 6.58 Å². The van der Waals surface area contributed by atoms with Gasteiger partial charge in [-0.2, -0.15) is 0 Å². The van der Waals surface area contributed by atoms with Crippen molar-refractivity contribution in [3.63, 3.8) is 0 Å². The fraction of sp³-hybridized carbons (Fsp3) is 0.635. The first kappa shape index (κ1) is 54.9. The van der Waals surface area contributed by atoms with E-state index in [1.165, 1.54) is 81.2 Å². The van der Waals surface area contributed by atoms with Gasteiger partial charge in [0.25, 0.3) is 5.69 Å². The summed E-state index contributed by atoms with van der Waals surface area (Å²) in [5, 5.41) is 48.4. The highest BCUT2D eigenvalue weighted by atomic mass is 16.7. The minimum absolute atomic E-state index is 0.00718. The summed E-state index contributed by atoms with van der Waals surface area (Å²) in [6.45, 7) is 6.49. The second-order valence-corrected chi connectivity index (χ2v) is 18.1. The fourth-order valence-corrected chi connectivity index (χ4v) is 10.3. The Morgan fingerprint density at radius 1 is 0.899 bits per heavy atom. The summed E-state index contributed by atoms with van der Waals surface area (Å²) in [6, 6.07) is 9.50. The van der Waals surface area contributed by atoms with Crippen molar-refractivity contribution < 1.29 is 58.4 Å². The number of nitrogens with one attached hydrogen (secondary N) is 1. The van der Waals surface area contributed by atoms with Gasteiger partial charge in [0.15, 0.2) is 0 Å². The summed E-state index contributed by atoms with van der Waals surface area (Å²) in [5.74, 6) is -1.94. The quantitative estimate of drug-likeness (QED) is 0.0233. The molecule has 4 N–H and O–H groups in total. The molecule has 0 radical (unpaired) electrons. The van der Waals surface area contributed by atoms with Gasteiger partial charge in [0, 0.05) is 56.3 Å². The van der Waals surface area contributed by atoms with Crippen LogP contribution in [0, 0.1) is 27.9 Å². The highest BCUT2D eigenvalue weighted by molar-refractivity contribution is 6.03. The van der Waals surface area contributed by atoms with Crippen molar-refractivity contribution in [2.75, 3.05) is 59.8 Å². The summed E-state index contributed by atoms with van der Waals surface area (Å²) in [7, 11) is 1.45. The van der Waals surface area contributed by atoms with Gasteiger partial charge in [0.2, 0.25) is 5.79 Å². The molecular formula is C52H76N4O13. The SMILES string of the molecule is C=CCOC12Oc3ccc(OC(=O)NCCCCCCCCCCCC)cc3C3C(CCCCO)C(CCCCO)C=C(C(=NOC)CC1N(CCOCCO)C(=O)Oc1ccc([N+](=O)[O-])cc1)C32. The molecule has 1 heterocycles. The molecule has 2 aromatic carbocycles. The molecule has 2 aromatic rings. The number of amides is 2. The van der Waals surface area contributed by atoms with Gasteiger partial charge in [-0.25, -0.2) is 9.59 Å². The number of aliphatic hydroxyl groups excluding tert-OH is 3. The third-order valence-corrected chi connectivity index (χ3v) is 13.4. The molecule has 69 heavy (non-hydrogen) atoms. The molecule has 3 aliphatic rings. The van der Waals surface area contributed by atoms with Gasteiger partial charge >= 0.3 is 12.2 Å². The lowest BCUT2D eigenvalue weighted by molar-refractivity contribution is -0.384. The van der Waals surface area contributed by atoms with Crippen molar-refractivity contribution in [2.24, 2.45) is 22.9 Å². The van der Waals surface area contributed by atoms with Crippen molar-refractivity contribution in [1.82, 2.24) is 10.2 Å². The molecule has 17 heteroatoms. The van der Waals surface area contributed by atoms with Crippen LogP contribution in [-0.2, 0) is 14.3 Å². The van der Waals surface area contributed by atoms with Gasteiger partial charge in [-0.3, -0.25) is 15.0 Å². The van der Waals surface area contributed by atoms with Crippen LogP contribution in [0.25, 0.3) is 0 Å². The zero-order valence-corrected chi connectivity index (χ0v) is 40.7. The maximum atomic E-state index is 14.7. The molecule has 1 aliphatic heterocycles. The number of allylic oxidation sites excluding steroid dienone is 1. The Morgan fingerprint density at radius 3 is 2.23 bits per heavy atom. The normalized spacial score (nSPS) is 21.8. The second kappa shape index (κ2) is 29.2. The number of benzene rings is 2. The highest BCUT2D eigenvalue weighted by Crippen LogP contribution is 2.62. The molecule has 6 unspecified atom stereocenters. The van der Waals surface area contributed by atoms with Gasteiger partial charge < -0.3 is 49.2 Å². The number of rotatable bonds is 32. The molecule has 0 bridgehead atoms. The molecule has 382 valence electrons. The van der Waals surface area contributed by atoms with Crippen LogP contribution in [-0.4, -0.2) is 115 Å². The van der Waals surface area contributed by atoms with Gasteiger partial charge in [-0.1, -0.05) is 94.9 Å². The number of aliphatic hydroxyl groups is 3. The molecule has 2 aliphatic carbocycles. The van der Waals surface area contributed by atoms with Crippen LogP contribution in [0.1, 0.15) is 128 Å². The zero-order valence-electron chi connectivity index (χ0n) is 40.7. The second-order valence-electron chi connectivity index (χ2n) is 18.1. The molecule has 2 amide bonds. The molecule has 1 fully saturated rings. The van der Waals surface area contributed by atoms with Crippen LogP contribution in [0.3, 0.4) is 0 Å². The summed E-state index contributed by atoms with van der Waals surface area (Å²) in [4.78, 5) is 45.9. The maximum absolute atomic E-state index is 14.7. The van der Waals surface area contributed by atoms with Gasteiger partial charge in [0.05, 0.1) is 43.0 Å². The number of fused-ring (bicyclic) bond motifs is 2. The lowest BCUT2D eigenvalue weighted by Gasteiger charge is -2.59. The first-order valence-corrected chi connectivity index (χ1v) is 25.1. The highest BCUT2D eigenvalue weighted by Gasteiger charge is 2.65. The fourth-order valence-electron chi connectivity index (χ4n) is 10.3. The van der Waals surface area contributed by atoms with E-state index in [-0.39, 0.29) is 75.9 Å². The standard InChI is InChI=1S/C52H76N4O13/c1-4-6-7-8-9-10-11-12-13-16-27-53-50(60)67-41-25-26-46-44(36-41)48-42(20-15-18-30-58)38(19-14-17-29-57)35-43-45(54-64-3)37-47(52(69-46,49(43)48)66-32-5-2)55(28-33-65-34-31-59)51(61)68-40-23-21-39(22-24-40)56(62)63/h5,21-26,35-36,38,42,47-49,57-59H,2,4,6-20,27-34,37H2,1,3H3,(H,53,60). The van der Waals surface area contributed by atoms with E-state index >= 15 is 0 Å². The number of non-ortho nitro benzene ring substituents is 1. The number of nitrogens with zero attached hydrogens (tertiary/aromatic N) is 3. The Hall–Kier alpha value is -5.07. The smallest absolute Gasteiger partial charge is 0.415 e. The van der Waals surface area contributed by atoms with E-state index in [0.717, 1.165) is 43.2 Å². The number of oxime groups is 1. The van der Waals surface area contributed by atoms with Crippen LogP contribution < -0.4 is 19.5 Å². The third-order valence-electron chi connectivity index (χ3n) is 13.4. The van der Waals surface area contributed by atoms with Crippen LogP contribution in [0.5, 0.6) is 17.2 Å². The third kappa shape index (κ3) is 15.2. The van der Waals surface area contributed by atoms with E-state index in [1.807, 2.05) is 6.07 Å². The van der Waals surface area contributed by atoms with E-state index in [9.17, 15) is 35.0 Å². The van der Waals surface area contributed by atoms with Crippen molar-refractivity contribution in [2.45, 2.75) is 134 Å². The van der Waals surface area contributed by atoms with Crippen LogP contribution in [0.15, 0.2) is 71.9 Å². The number of unbranched alkanes of at least 4 members (excludes halogenated alkanes) is 11. The Kier molecular flexibility index (Phi) is 23.2. The van der Waals surface area contributed by atoms with Crippen LogP contribution >= 0.6 is 0 Å². The first-order chi connectivity index (χ1) is 33.7. The number of carbonyl (C=O) groups excluding carboxylic acids is 2. The minimum atomic E-state index is -1.63. The van der Waals surface area contributed by atoms with E-state index in [1.54, 1.807) is 18.2 Å². The zero-order chi connectivity index (χ0) is 49.4. The summed E-state index contributed by atoms with van der Waals surface area (Å²) < 4.78 is 31.8. The lowest BCUT2D eigenvalue weighted by atomic mass is 9.55. The van der Waals surface area contributed by atoms with E-state index in [0.29, 0.717) is 49.4 Å². The van der Waals surface area contributed by atoms with Crippen molar-refractivity contribution in [3.05, 3.63) is 82.4 Å². The Morgan fingerprint density at radius 2 is 1.58 bits per heavy atom. The van der Waals surface area contributed by atoms with E-state index in [2.05, 4.69) is 30.1 Å². The van der Waals surface area contributed by atoms with Crippen molar-refractivity contribution in [1.29, 1.82) is 0 Å². The molecule has 0 aromatic heterocycles. The van der Waals surface area contributed by atoms with Gasteiger partial charge in [0.1, 0.15) is 30.4 Å². The molecule has 17 nitrogen and oxygen atoms in total. The molecule has 6 atom stereocenters. The maximum Gasteiger partial charge on any atom is 0.415 e. The molecule has 0 saturated heterocycles. The topological polar surface area (TPSA) is 221 Å². The average Bonchev–Trinajstić information content (AvgIpc) is 3.34. The number of hydrogen-bond donors (Lipinski definition) is 4. The van der Waals surface area contributed by atoms with Crippen LogP contribution in [0.2, 0.25) is 0 Å². The summed E-state index contributed by atoms with van der Waals surface area (Å²) in [6.07, 6.45) is 18.4. The monoisotopic (exact) mass is 965 g/mol. The van der Waals surface area contributed by atoms with Crippen LogP contribution in [0.4, 0.5) is 15.3 Å². The average molecular weight is 965 g/mol. The predicted octanol–water partition coefficient (Wildman–Crippen LogP) is 9.38. The van der Waals surface area contributed by atoms with Crippen molar-refractivity contribution in [3.8, 4) is 17.2 Å². The lowest BCUT2D eigenvalue weighted by Crippen LogP contribution is -2.70. The Bertz CT molecular complexity index is 1980. The Labute approximate surface area is 407 Å². The molecule has 1 saturated carbocycles. The molecular weight excluding hydrogens is 889 g/mol. The number of hydrogen-bond acceptors (Lipinski definition) is 14. The predicted molar refractivity (Wildman–Crippen MR) is 262 cm³/mol. The van der Waals surface area contributed by atoms with Gasteiger partial charge in [-0.05, 0) is 79.8 Å². The number of nitro groups is 1. The Balaban J connectivity index is 1.55. The van der Waals surface area contributed by atoms with Crippen molar-refractivity contribution >= 4 is 23.6 Å². The molecule has 0 spiro atoms. The minimum Gasteiger partial charge on any atom is -0.459 e. The largest absolute Gasteiger partial charge is 0.459 e. The summed E-state index contributed by atoms with van der Waals surface area (Å²) >= 11 is 0. The summed E-state index contributed by atoms with van der Waals surface area (Å²) in [5.41, 5.74) is 1.95. The number of ether oxygens (including phenoxy) is 5. The first-order valence-electron chi connectivity index (χ1n) is 25.1. The number of nitro benzene ring substituents is 1. The van der Waals surface area contributed by atoms with E-state index in [4.69, 9.17) is 28.5 Å². The van der Waals surface area contributed by atoms with E-state index < -0.39 is 40.8 Å². The number of carbonyl (C=O) groups is 2. The molecule has 5 rings (SSSR count).